The Labute approximate surface area is 289 Å². The van der Waals surface area contributed by atoms with Crippen LogP contribution in [0.5, 0.6) is 0 Å². The van der Waals surface area contributed by atoms with Crippen molar-refractivity contribution >= 4 is 31.5 Å². The van der Waals surface area contributed by atoms with Crippen LogP contribution in [0.3, 0.4) is 0 Å². The van der Waals surface area contributed by atoms with Crippen molar-refractivity contribution in [3.8, 4) is 67.3 Å². The zero-order valence-electron chi connectivity index (χ0n) is 26.6. The molecule has 0 atom stereocenters. The summed E-state index contributed by atoms with van der Waals surface area (Å²) in [6.45, 7) is 0. The van der Waals surface area contributed by atoms with E-state index >= 15 is 0 Å². The van der Waals surface area contributed by atoms with Gasteiger partial charge in [0.2, 0.25) is 0 Å². The van der Waals surface area contributed by atoms with Crippen molar-refractivity contribution < 1.29 is 0 Å². The zero-order valence-corrected chi connectivity index (χ0v) is 27.4. The van der Waals surface area contributed by atoms with Gasteiger partial charge in [-0.05, 0) is 64.2 Å². The molecule has 0 spiro atoms. The first-order chi connectivity index (χ1) is 24.3. The third kappa shape index (κ3) is 5.50. The Kier molecular flexibility index (Phi) is 7.38. The van der Waals surface area contributed by atoms with Crippen LogP contribution in [0.2, 0.25) is 0 Å². The minimum atomic E-state index is 0.701. The van der Waals surface area contributed by atoms with Crippen LogP contribution in [0.15, 0.2) is 182 Å². The number of aromatic nitrogens is 2. The third-order valence-electron chi connectivity index (χ3n) is 9.07. The molecule has 0 amide bonds. The Hall–Kier alpha value is -6.16. The Morgan fingerprint density at radius 2 is 0.796 bits per heavy atom. The van der Waals surface area contributed by atoms with E-state index in [1.165, 1.54) is 25.7 Å². The highest BCUT2D eigenvalue weighted by atomic mass is 32.1. The van der Waals surface area contributed by atoms with E-state index in [1.54, 1.807) is 0 Å². The largest absolute Gasteiger partial charge is 0.227 e. The summed E-state index contributed by atoms with van der Waals surface area (Å²) in [7, 11) is 0. The first-order valence-electron chi connectivity index (χ1n) is 16.5. The fourth-order valence-electron chi connectivity index (χ4n) is 6.70. The van der Waals surface area contributed by atoms with Gasteiger partial charge in [0.05, 0.1) is 11.4 Å². The molecular formula is C46H30N2S. The maximum absolute atomic E-state index is 5.42. The quantitative estimate of drug-likeness (QED) is 0.180. The van der Waals surface area contributed by atoms with E-state index in [1.807, 2.05) is 29.5 Å². The highest BCUT2D eigenvalue weighted by Gasteiger charge is 2.21. The average Bonchev–Trinajstić information content (AvgIpc) is 3.57. The molecular weight excluding hydrogens is 613 g/mol. The molecule has 0 bridgehead atoms. The predicted octanol–water partition coefficient (Wildman–Crippen LogP) is 12.8. The molecule has 2 nitrogen and oxygen atoms in total. The van der Waals surface area contributed by atoms with Crippen molar-refractivity contribution in [2.45, 2.75) is 0 Å². The highest BCUT2D eigenvalue weighted by Crippen LogP contribution is 2.43. The van der Waals surface area contributed by atoms with Crippen LogP contribution in [0.4, 0.5) is 0 Å². The van der Waals surface area contributed by atoms with Crippen LogP contribution in [-0.4, -0.2) is 9.97 Å². The lowest BCUT2D eigenvalue weighted by Gasteiger charge is -2.18. The zero-order chi connectivity index (χ0) is 32.6. The standard InChI is InChI=1S/C46H30N2S/c1-5-15-31(16-6-1)36-27-37(35-25-26-42-40(30-35)39-23-13-14-24-41(39)49-42)29-38(28-36)45-43(32-17-7-2-8-18-32)44(33-19-9-3-10-20-33)47-46(48-45)34-21-11-4-12-22-34/h1-30H. The van der Waals surface area contributed by atoms with Gasteiger partial charge in [-0.25, -0.2) is 9.97 Å². The lowest BCUT2D eigenvalue weighted by atomic mass is 9.90. The Morgan fingerprint density at radius 1 is 0.306 bits per heavy atom. The molecule has 49 heavy (non-hydrogen) atoms. The van der Waals surface area contributed by atoms with Gasteiger partial charge < -0.3 is 0 Å². The van der Waals surface area contributed by atoms with E-state index in [4.69, 9.17) is 9.97 Å². The fraction of sp³-hybridized carbons (Fsp3) is 0. The van der Waals surface area contributed by atoms with E-state index in [0.29, 0.717) is 5.82 Å². The summed E-state index contributed by atoms with van der Waals surface area (Å²) in [6.07, 6.45) is 0. The van der Waals surface area contributed by atoms with Crippen LogP contribution in [0, 0.1) is 0 Å². The second kappa shape index (κ2) is 12.5. The number of hydrogen-bond donors (Lipinski definition) is 0. The molecule has 0 N–H and O–H groups in total. The van der Waals surface area contributed by atoms with Crippen molar-refractivity contribution in [1.29, 1.82) is 0 Å². The second-order valence-electron chi connectivity index (χ2n) is 12.2. The molecule has 0 saturated carbocycles. The number of nitrogens with zero attached hydrogens (tertiary/aromatic N) is 2. The molecule has 0 unspecified atom stereocenters. The molecule has 2 aromatic heterocycles. The smallest absolute Gasteiger partial charge is 0.160 e. The molecule has 3 heteroatoms. The first kappa shape index (κ1) is 29.0. The van der Waals surface area contributed by atoms with Gasteiger partial charge in [0.15, 0.2) is 5.82 Å². The predicted molar refractivity (Wildman–Crippen MR) is 208 cm³/mol. The summed E-state index contributed by atoms with van der Waals surface area (Å²) in [6, 6.07) is 64.4. The van der Waals surface area contributed by atoms with Gasteiger partial charge in [-0.1, -0.05) is 146 Å². The van der Waals surface area contributed by atoms with E-state index in [0.717, 1.165) is 55.9 Å². The third-order valence-corrected chi connectivity index (χ3v) is 10.2. The number of hydrogen-bond acceptors (Lipinski definition) is 3. The Morgan fingerprint density at radius 3 is 1.47 bits per heavy atom. The molecule has 9 rings (SSSR count). The van der Waals surface area contributed by atoms with Crippen LogP contribution in [0.1, 0.15) is 0 Å². The lowest BCUT2D eigenvalue weighted by Crippen LogP contribution is -2.01. The minimum absolute atomic E-state index is 0.701. The summed E-state index contributed by atoms with van der Waals surface area (Å²) >= 11 is 1.85. The van der Waals surface area contributed by atoms with Crippen LogP contribution >= 0.6 is 11.3 Å². The van der Waals surface area contributed by atoms with E-state index in [-0.39, 0.29) is 0 Å². The molecule has 0 saturated heterocycles. The van der Waals surface area contributed by atoms with Gasteiger partial charge in [0, 0.05) is 42.4 Å². The summed E-state index contributed by atoms with van der Waals surface area (Å²) in [5, 5.41) is 2.58. The summed E-state index contributed by atoms with van der Waals surface area (Å²) in [5.41, 5.74) is 11.6. The molecule has 7 aromatic carbocycles. The molecule has 0 aliphatic heterocycles. The van der Waals surface area contributed by atoms with Crippen LogP contribution in [0.25, 0.3) is 87.5 Å². The SMILES string of the molecule is c1ccc(-c2cc(-c3ccc4sc5ccccc5c4c3)cc(-c3nc(-c4ccccc4)nc(-c4ccccc4)c3-c3ccccc3)c2)cc1. The molecule has 0 aliphatic carbocycles. The maximum atomic E-state index is 5.42. The molecule has 0 aliphatic rings. The van der Waals surface area contributed by atoms with Crippen molar-refractivity contribution in [3.63, 3.8) is 0 Å². The highest BCUT2D eigenvalue weighted by molar-refractivity contribution is 7.25. The van der Waals surface area contributed by atoms with Crippen molar-refractivity contribution in [1.82, 2.24) is 9.97 Å². The van der Waals surface area contributed by atoms with Crippen molar-refractivity contribution in [3.05, 3.63) is 182 Å². The lowest BCUT2D eigenvalue weighted by molar-refractivity contribution is 1.18. The van der Waals surface area contributed by atoms with Gasteiger partial charge in [0.1, 0.15) is 0 Å². The molecule has 0 fully saturated rings. The van der Waals surface area contributed by atoms with E-state index in [2.05, 4.69) is 164 Å². The van der Waals surface area contributed by atoms with Crippen molar-refractivity contribution in [2.75, 3.05) is 0 Å². The maximum Gasteiger partial charge on any atom is 0.160 e. The van der Waals surface area contributed by atoms with Crippen LogP contribution in [-0.2, 0) is 0 Å². The van der Waals surface area contributed by atoms with E-state index in [9.17, 15) is 0 Å². The summed E-state index contributed by atoms with van der Waals surface area (Å²) < 4.78 is 2.61. The van der Waals surface area contributed by atoms with Gasteiger partial charge in [-0.15, -0.1) is 11.3 Å². The number of benzene rings is 7. The van der Waals surface area contributed by atoms with Gasteiger partial charge in [-0.3, -0.25) is 0 Å². The minimum Gasteiger partial charge on any atom is -0.227 e. The normalized spacial score (nSPS) is 11.3. The van der Waals surface area contributed by atoms with E-state index < -0.39 is 0 Å². The van der Waals surface area contributed by atoms with Gasteiger partial charge in [-0.2, -0.15) is 0 Å². The fourth-order valence-corrected chi connectivity index (χ4v) is 7.79. The monoisotopic (exact) mass is 642 g/mol. The molecule has 9 aromatic rings. The Bertz CT molecular complexity index is 2580. The number of rotatable bonds is 6. The second-order valence-corrected chi connectivity index (χ2v) is 13.3. The summed E-state index contributed by atoms with van der Waals surface area (Å²) in [5.74, 6) is 0.701. The molecule has 2 heterocycles. The van der Waals surface area contributed by atoms with Crippen LogP contribution < -0.4 is 0 Å². The average molecular weight is 643 g/mol. The van der Waals surface area contributed by atoms with Crippen molar-refractivity contribution in [2.24, 2.45) is 0 Å². The molecule has 0 radical (unpaired) electrons. The topological polar surface area (TPSA) is 25.8 Å². The number of thiophene rings is 1. The number of fused-ring (bicyclic) bond motifs is 3. The summed E-state index contributed by atoms with van der Waals surface area (Å²) in [4.78, 5) is 10.7. The molecule has 230 valence electrons. The van der Waals surface area contributed by atoms with Gasteiger partial charge >= 0.3 is 0 Å². The first-order valence-corrected chi connectivity index (χ1v) is 17.3. The Balaban J connectivity index is 1.35. The van der Waals surface area contributed by atoms with Gasteiger partial charge in [0.25, 0.3) is 0 Å².